The standard InChI is InChI=1S/C42H47N5/c1-44(2)37-17-9-32(10-18-37)41(33-11-19-38(20-12-33)45(3)4)29-36(31-25-27-43-28-26-31)30-42(34-13-21-39(22-14-34)46(5)6)35-15-23-40(24-16-35)47(7)8/h9-30,36H,1-8H3. The van der Waals surface area contributed by atoms with Crippen LogP contribution in [0.5, 0.6) is 0 Å². The van der Waals surface area contributed by atoms with Gasteiger partial charge in [0.15, 0.2) is 0 Å². The van der Waals surface area contributed by atoms with Crippen molar-refractivity contribution in [3.8, 4) is 0 Å². The number of hydrogen-bond acceptors (Lipinski definition) is 5. The van der Waals surface area contributed by atoms with Gasteiger partial charge in [0.25, 0.3) is 0 Å². The second-order valence-electron chi connectivity index (χ2n) is 12.7. The quantitative estimate of drug-likeness (QED) is 0.147. The number of aromatic nitrogens is 1. The maximum atomic E-state index is 4.36. The van der Waals surface area contributed by atoms with E-state index in [1.54, 1.807) is 0 Å². The number of pyridine rings is 1. The Balaban J connectivity index is 1.73. The number of rotatable bonds is 11. The molecule has 5 aromatic rings. The Morgan fingerprint density at radius 1 is 0.404 bits per heavy atom. The predicted octanol–water partition coefficient (Wildman–Crippen LogP) is 8.69. The Morgan fingerprint density at radius 3 is 0.894 bits per heavy atom. The molecule has 0 N–H and O–H groups in total. The largest absolute Gasteiger partial charge is 0.378 e. The minimum absolute atomic E-state index is 0.0351. The van der Waals surface area contributed by atoms with Crippen LogP contribution in [-0.4, -0.2) is 61.4 Å². The highest BCUT2D eigenvalue weighted by molar-refractivity contribution is 5.85. The second-order valence-corrected chi connectivity index (χ2v) is 12.7. The molecule has 0 aliphatic carbocycles. The van der Waals surface area contributed by atoms with Gasteiger partial charge in [0, 0.05) is 97.4 Å². The fourth-order valence-electron chi connectivity index (χ4n) is 5.66. The van der Waals surface area contributed by atoms with E-state index in [9.17, 15) is 0 Å². The third-order valence-electron chi connectivity index (χ3n) is 8.56. The molecule has 0 aliphatic heterocycles. The van der Waals surface area contributed by atoms with E-state index in [0.717, 1.165) is 0 Å². The van der Waals surface area contributed by atoms with Crippen molar-refractivity contribution in [2.24, 2.45) is 0 Å². The predicted molar refractivity (Wildman–Crippen MR) is 204 cm³/mol. The van der Waals surface area contributed by atoms with Crippen LogP contribution in [0.25, 0.3) is 11.1 Å². The van der Waals surface area contributed by atoms with Gasteiger partial charge in [0.1, 0.15) is 0 Å². The van der Waals surface area contributed by atoms with Crippen molar-refractivity contribution in [2.75, 3.05) is 76.0 Å². The lowest BCUT2D eigenvalue weighted by Crippen LogP contribution is -2.09. The molecule has 0 spiro atoms. The maximum Gasteiger partial charge on any atom is 0.0361 e. The van der Waals surface area contributed by atoms with Gasteiger partial charge in [-0.25, -0.2) is 0 Å². The van der Waals surface area contributed by atoms with Crippen LogP contribution in [-0.2, 0) is 0 Å². The zero-order valence-electron chi connectivity index (χ0n) is 29.0. The van der Waals surface area contributed by atoms with E-state index in [2.05, 4.69) is 202 Å². The van der Waals surface area contributed by atoms with E-state index in [1.807, 2.05) is 12.4 Å². The molecule has 1 heterocycles. The summed E-state index contributed by atoms with van der Waals surface area (Å²) in [6.45, 7) is 0. The van der Waals surface area contributed by atoms with E-state index in [1.165, 1.54) is 61.7 Å². The molecule has 0 unspecified atom stereocenters. The van der Waals surface area contributed by atoms with Crippen LogP contribution in [0.15, 0.2) is 134 Å². The Kier molecular flexibility index (Phi) is 10.5. The molecule has 240 valence electrons. The molecule has 0 atom stereocenters. The van der Waals surface area contributed by atoms with Crippen LogP contribution >= 0.6 is 0 Å². The molecule has 5 nitrogen and oxygen atoms in total. The van der Waals surface area contributed by atoms with E-state index >= 15 is 0 Å². The number of anilines is 4. The fourth-order valence-corrected chi connectivity index (χ4v) is 5.66. The summed E-state index contributed by atoms with van der Waals surface area (Å²) in [5.74, 6) is -0.0351. The molecule has 0 amide bonds. The third kappa shape index (κ3) is 8.11. The second kappa shape index (κ2) is 14.9. The van der Waals surface area contributed by atoms with Gasteiger partial charge in [-0.2, -0.15) is 0 Å². The van der Waals surface area contributed by atoms with E-state index in [0.29, 0.717) is 0 Å². The monoisotopic (exact) mass is 621 g/mol. The highest BCUT2D eigenvalue weighted by Crippen LogP contribution is 2.35. The van der Waals surface area contributed by atoms with Crippen LogP contribution in [0.3, 0.4) is 0 Å². The minimum Gasteiger partial charge on any atom is -0.378 e. The summed E-state index contributed by atoms with van der Waals surface area (Å²) in [6, 6.07) is 39.6. The van der Waals surface area contributed by atoms with Gasteiger partial charge < -0.3 is 19.6 Å². The van der Waals surface area contributed by atoms with E-state index in [4.69, 9.17) is 0 Å². The van der Waals surface area contributed by atoms with Crippen LogP contribution in [0.4, 0.5) is 22.7 Å². The molecule has 0 aliphatic rings. The first-order chi connectivity index (χ1) is 22.6. The molecule has 0 bridgehead atoms. The van der Waals surface area contributed by atoms with Gasteiger partial charge >= 0.3 is 0 Å². The van der Waals surface area contributed by atoms with Crippen molar-refractivity contribution >= 4 is 33.9 Å². The van der Waals surface area contributed by atoms with Crippen molar-refractivity contribution in [3.63, 3.8) is 0 Å². The first kappa shape index (κ1) is 33.1. The summed E-state index contributed by atoms with van der Waals surface area (Å²) in [5, 5.41) is 0. The lowest BCUT2D eigenvalue weighted by molar-refractivity contribution is 1.07. The first-order valence-corrected chi connectivity index (χ1v) is 16.1. The van der Waals surface area contributed by atoms with Crippen molar-refractivity contribution in [3.05, 3.63) is 162 Å². The molecule has 4 aromatic carbocycles. The molecule has 5 heteroatoms. The zero-order valence-corrected chi connectivity index (χ0v) is 29.0. The topological polar surface area (TPSA) is 25.9 Å². The van der Waals surface area contributed by atoms with Crippen molar-refractivity contribution < 1.29 is 0 Å². The summed E-state index contributed by atoms with van der Waals surface area (Å²) < 4.78 is 0. The smallest absolute Gasteiger partial charge is 0.0361 e. The summed E-state index contributed by atoms with van der Waals surface area (Å²) >= 11 is 0. The van der Waals surface area contributed by atoms with E-state index in [-0.39, 0.29) is 5.92 Å². The molecule has 0 fully saturated rings. The zero-order chi connectivity index (χ0) is 33.5. The van der Waals surface area contributed by atoms with Gasteiger partial charge in [-0.3, -0.25) is 4.98 Å². The van der Waals surface area contributed by atoms with Gasteiger partial charge in [0.2, 0.25) is 0 Å². The lowest BCUT2D eigenvalue weighted by Gasteiger charge is -2.20. The van der Waals surface area contributed by atoms with Gasteiger partial charge in [0.05, 0.1) is 0 Å². The molecule has 47 heavy (non-hydrogen) atoms. The number of nitrogens with zero attached hydrogens (tertiary/aromatic N) is 5. The Hall–Kier alpha value is -5.29. The van der Waals surface area contributed by atoms with Crippen LogP contribution < -0.4 is 19.6 Å². The Labute approximate surface area is 281 Å². The average molecular weight is 622 g/mol. The van der Waals surface area contributed by atoms with Gasteiger partial charge in [-0.15, -0.1) is 0 Å². The molecule has 0 saturated carbocycles. The van der Waals surface area contributed by atoms with Gasteiger partial charge in [-0.05, 0) is 99.6 Å². The molecule has 0 radical (unpaired) electrons. The van der Waals surface area contributed by atoms with Crippen molar-refractivity contribution in [2.45, 2.75) is 5.92 Å². The summed E-state index contributed by atoms with van der Waals surface area (Å²) in [6.07, 6.45) is 8.60. The van der Waals surface area contributed by atoms with Crippen LogP contribution in [0, 0.1) is 0 Å². The SMILES string of the molecule is CN(C)c1ccc(C(=CC(C=C(c2ccc(N(C)C)cc2)c2ccc(N(C)C)cc2)c2ccncc2)c2ccc(N(C)C)cc2)cc1. The molecular formula is C42H47N5. The third-order valence-corrected chi connectivity index (χ3v) is 8.56. The van der Waals surface area contributed by atoms with Crippen LogP contribution in [0.2, 0.25) is 0 Å². The van der Waals surface area contributed by atoms with E-state index < -0.39 is 0 Å². The maximum absolute atomic E-state index is 4.36. The van der Waals surface area contributed by atoms with Crippen molar-refractivity contribution in [1.82, 2.24) is 4.98 Å². The average Bonchev–Trinajstić information content (AvgIpc) is 3.09. The first-order valence-electron chi connectivity index (χ1n) is 16.1. The number of hydrogen-bond donors (Lipinski definition) is 0. The summed E-state index contributed by atoms with van der Waals surface area (Å²) in [4.78, 5) is 12.9. The normalized spacial score (nSPS) is 10.7. The highest BCUT2D eigenvalue weighted by atomic mass is 15.1. The van der Waals surface area contributed by atoms with Crippen LogP contribution in [0.1, 0.15) is 33.7 Å². The Bertz CT molecular complexity index is 1560. The minimum atomic E-state index is -0.0351. The lowest BCUT2D eigenvalue weighted by atomic mass is 9.87. The molecule has 1 aromatic heterocycles. The Morgan fingerprint density at radius 2 is 0.660 bits per heavy atom. The summed E-state index contributed by atoms with van der Waals surface area (Å²) in [5.41, 5.74) is 12.9. The number of benzene rings is 4. The molecule has 0 saturated heterocycles. The number of allylic oxidation sites excluding steroid dienone is 2. The fraction of sp³-hybridized carbons (Fsp3) is 0.214. The van der Waals surface area contributed by atoms with Crippen molar-refractivity contribution in [1.29, 1.82) is 0 Å². The summed E-state index contributed by atoms with van der Waals surface area (Å²) in [7, 11) is 16.6. The molecular weight excluding hydrogens is 574 g/mol. The highest BCUT2D eigenvalue weighted by Gasteiger charge is 2.16. The van der Waals surface area contributed by atoms with Gasteiger partial charge in [-0.1, -0.05) is 60.7 Å². The molecule has 5 rings (SSSR count).